The number of rotatable bonds is 8. The van der Waals surface area contributed by atoms with Gasteiger partial charge in [-0.3, -0.25) is 4.89 Å². The van der Waals surface area contributed by atoms with Gasteiger partial charge in [-0.05, 0) is 30.7 Å². The van der Waals surface area contributed by atoms with Crippen LogP contribution in [0.15, 0.2) is 24.3 Å². The van der Waals surface area contributed by atoms with Crippen molar-refractivity contribution in [1.29, 1.82) is 0 Å². The lowest BCUT2D eigenvalue weighted by Gasteiger charge is -2.04. The van der Waals surface area contributed by atoms with Gasteiger partial charge in [0, 0.05) is 0 Å². The molecule has 0 bridgehead atoms. The minimum Gasteiger partial charge on any atom is -0.497 e. The predicted octanol–water partition coefficient (Wildman–Crippen LogP) is 3.04. The largest absolute Gasteiger partial charge is 0.543 e. The van der Waals surface area contributed by atoms with Crippen molar-refractivity contribution in [3.05, 3.63) is 29.8 Å². The Hall–Kier alpha value is -2.28. The van der Waals surface area contributed by atoms with Gasteiger partial charge in [0.1, 0.15) is 5.75 Å². The van der Waals surface area contributed by atoms with E-state index in [-0.39, 0.29) is 12.2 Å². The van der Waals surface area contributed by atoms with Crippen molar-refractivity contribution in [2.24, 2.45) is 0 Å². The molecule has 1 rings (SSSR count). The number of hydrogen-bond acceptors (Lipinski definition) is 7. The number of carbonyl (C=O) groups is 2. The van der Waals surface area contributed by atoms with Gasteiger partial charge in [0.05, 0.1) is 24.3 Å². The number of benzene rings is 1. The molecule has 1 aromatic rings. The zero-order chi connectivity index (χ0) is 15.5. The summed E-state index contributed by atoms with van der Waals surface area (Å²) in [5.41, 5.74) is 0.218. The maximum atomic E-state index is 11.5. The molecule has 0 amide bonds. The zero-order valence-corrected chi connectivity index (χ0v) is 12.0. The van der Waals surface area contributed by atoms with Gasteiger partial charge < -0.3 is 9.47 Å². The smallest absolute Gasteiger partial charge is 0.497 e. The second-order valence-corrected chi connectivity index (χ2v) is 4.06. The summed E-state index contributed by atoms with van der Waals surface area (Å²) in [4.78, 5) is 31.0. The van der Waals surface area contributed by atoms with Crippen molar-refractivity contribution in [3.63, 3.8) is 0 Å². The molecule has 0 aliphatic carbocycles. The van der Waals surface area contributed by atoms with Crippen molar-refractivity contribution in [2.45, 2.75) is 26.2 Å². The van der Waals surface area contributed by atoms with Gasteiger partial charge in [-0.25, -0.2) is 14.5 Å². The Kier molecular flexibility index (Phi) is 7.67. The van der Waals surface area contributed by atoms with E-state index >= 15 is 0 Å². The first kappa shape index (κ1) is 16.8. The highest BCUT2D eigenvalue weighted by Crippen LogP contribution is 2.12. The fraction of sp³-hybridized carbons (Fsp3) is 0.429. The van der Waals surface area contributed by atoms with Crippen LogP contribution < -0.4 is 4.74 Å². The number of ether oxygens (including phenoxy) is 2. The van der Waals surface area contributed by atoms with E-state index in [1.54, 1.807) is 12.1 Å². The lowest BCUT2D eigenvalue weighted by atomic mass is 10.2. The van der Waals surface area contributed by atoms with Crippen molar-refractivity contribution >= 4 is 12.1 Å². The normalized spacial score (nSPS) is 9.81. The molecule has 0 N–H and O–H groups in total. The van der Waals surface area contributed by atoms with Crippen molar-refractivity contribution in [1.82, 2.24) is 0 Å². The molecule has 0 atom stereocenters. The SMILES string of the molecule is CCCCCOC(=O)OOOC(=O)c1ccc(OC)cc1. The minimum absolute atomic E-state index is 0.218. The Balaban J connectivity index is 2.21. The average molecular weight is 298 g/mol. The molecule has 7 nitrogen and oxygen atoms in total. The molecule has 0 aliphatic heterocycles. The topological polar surface area (TPSA) is 80.3 Å². The lowest BCUT2D eigenvalue weighted by Crippen LogP contribution is -2.12. The van der Waals surface area contributed by atoms with Crippen LogP contribution in [-0.2, 0) is 19.6 Å². The van der Waals surface area contributed by atoms with Crippen molar-refractivity contribution < 1.29 is 33.9 Å². The summed E-state index contributed by atoms with van der Waals surface area (Å²) in [6.45, 7) is 2.25. The highest BCUT2D eigenvalue weighted by Gasteiger charge is 2.12. The van der Waals surface area contributed by atoms with E-state index in [1.165, 1.54) is 19.2 Å². The molecule has 0 unspecified atom stereocenters. The Bertz CT molecular complexity index is 441. The fourth-order valence-corrected chi connectivity index (χ4v) is 1.38. The van der Waals surface area contributed by atoms with E-state index in [2.05, 4.69) is 19.6 Å². The van der Waals surface area contributed by atoms with Crippen LogP contribution in [-0.4, -0.2) is 25.8 Å². The Morgan fingerprint density at radius 3 is 2.38 bits per heavy atom. The molecule has 0 saturated heterocycles. The standard InChI is InChI=1S/C14H18O7/c1-3-4-5-10-18-14(16)20-21-19-13(15)11-6-8-12(17-2)9-7-11/h6-9H,3-5,10H2,1-2H3. The first-order valence-corrected chi connectivity index (χ1v) is 6.53. The summed E-state index contributed by atoms with van der Waals surface area (Å²) in [5.74, 6) is -0.212. The van der Waals surface area contributed by atoms with Gasteiger partial charge in [-0.1, -0.05) is 19.8 Å². The fourth-order valence-electron chi connectivity index (χ4n) is 1.38. The third-order valence-corrected chi connectivity index (χ3v) is 2.51. The molecule has 21 heavy (non-hydrogen) atoms. The first-order valence-electron chi connectivity index (χ1n) is 6.53. The molecule has 7 heteroatoms. The molecule has 0 aliphatic rings. The van der Waals surface area contributed by atoms with Crippen molar-refractivity contribution in [2.75, 3.05) is 13.7 Å². The molecule has 0 fully saturated rings. The zero-order valence-electron chi connectivity index (χ0n) is 12.0. The van der Waals surface area contributed by atoms with Gasteiger partial charge in [-0.2, -0.15) is 0 Å². The van der Waals surface area contributed by atoms with Crippen LogP contribution in [0.1, 0.15) is 36.5 Å². The lowest BCUT2D eigenvalue weighted by molar-refractivity contribution is -0.452. The third kappa shape index (κ3) is 6.62. The molecule has 116 valence electrons. The van der Waals surface area contributed by atoms with Crippen LogP contribution in [0.5, 0.6) is 5.75 Å². The van der Waals surface area contributed by atoms with E-state index in [9.17, 15) is 9.59 Å². The van der Waals surface area contributed by atoms with Crippen LogP contribution in [0.25, 0.3) is 0 Å². The number of hydrogen-bond donors (Lipinski definition) is 0. The summed E-state index contributed by atoms with van der Waals surface area (Å²) in [5, 5.41) is 4.07. The Morgan fingerprint density at radius 1 is 1.05 bits per heavy atom. The van der Waals surface area contributed by atoms with Gasteiger partial charge in [0.15, 0.2) is 0 Å². The quantitative estimate of drug-likeness (QED) is 0.316. The Labute approximate surface area is 122 Å². The summed E-state index contributed by atoms with van der Waals surface area (Å²) >= 11 is 0. The molecule has 0 heterocycles. The molecule has 0 radical (unpaired) electrons. The third-order valence-electron chi connectivity index (χ3n) is 2.51. The van der Waals surface area contributed by atoms with Gasteiger partial charge >= 0.3 is 12.1 Å². The minimum atomic E-state index is -1.06. The van der Waals surface area contributed by atoms with E-state index in [1.807, 2.05) is 6.92 Å². The second-order valence-electron chi connectivity index (χ2n) is 4.06. The van der Waals surface area contributed by atoms with Crippen LogP contribution in [0, 0.1) is 0 Å². The maximum absolute atomic E-state index is 11.5. The monoisotopic (exact) mass is 298 g/mol. The van der Waals surface area contributed by atoms with Gasteiger partial charge in [0.25, 0.3) is 0 Å². The molecular weight excluding hydrogens is 280 g/mol. The summed E-state index contributed by atoms with van der Waals surface area (Å²) in [6.07, 6.45) is 1.63. The average Bonchev–Trinajstić information content (AvgIpc) is 2.51. The molecule has 0 aromatic heterocycles. The Morgan fingerprint density at radius 2 is 1.76 bits per heavy atom. The van der Waals surface area contributed by atoms with Gasteiger partial charge in [-0.15, -0.1) is 0 Å². The summed E-state index contributed by atoms with van der Waals surface area (Å²) in [7, 11) is 1.51. The van der Waals surface area contributed by atoms with E-state index in [0.717, 1.165) is 19.3 Å². The number of unbranched alkanes of at least 4 members (excludes halogenated alkanes) is 2. The molecular formula is C14H18O7. The first-order chi connectivity index (χ1) is 10.2. The predicted molar refractivity (Wildman–Crippen MR) is 71.5 cm³/mol. The molecule has 0 spiro atoms. The second kappa shape index (κ2) is 9.60. The van der Waals surface area contributed by atoms with Gasteiger partial charge in [0.2, 0.25) is 0 Å². The van der Waals surface area contributed by atoms with E-state index < -0.39 is 12.1 Å². The maximum Gasteiger partial charge on any atom is 0.543 e. The van der Waals surface area contributed by atoms with Crippen LogP contribution >= 0.6 is 0 Å². The number of carbonyl (C=O) groups excluding carboxylic acids is 2. The van der Waals surface area contributed by atoms with E-state index in [0.29, 0.717) is 5.75 Å². The molecule has 0 saturated carbocycles. The van der Waals surface area contributed by atoms with Crippen LogP contribution in [0.4, 0.5) is 4.79 Å². The highest BCUT2D eigenvalue weighted by molar-refractivity contribution is 5.89. The molecule has 1 aromatic carbocycles. The van der Waals surface area contributed by atoms with Crippen LogP contribution in [0.2, 0.25) is 0 Å². The number of methoxy groups -OCH3 is 1. The summed E-state index contributed by atoms with van der Waals surface area (Å²) < 4.78 is 9.61. The van der Waals surface area contributed by atoms with Crippen molar-refractivity contribution in [3.8, 4) is 5.75 Å². The summed E-state index contributed by atoms with van der Waals surface area (Å²) in [6, 6.07) is 6.13. The van der Waals surface area contributed by atoms with Crippen LogP contribution in [0.3, 0.4) is 0 Å². The van der Waals surface area contributed by atoms with E-state index in [4.69, 9.17) is 4.74 Å². The highest BCUT2D eigenvalue weighted by atomic mass is 17.5.